The third-order valence-corrected chi connectivity index (χ3v) is 6.70. The largest absolute Gasteiger partial charge is 0.481 e. The Kier molecular flexibility index (Phi) is 31.9. The fourth-order valence-corrected chi connectivity index (χ4v) is 3.95. The minimum absolute atomic E-state index is 0. The number of aliphatic carboxylic acids is 2. The van der Waals surface area contributed by atoms with Crippen LogP contribution in [-0.4, -0.2) is 124 Å². The molecule has 1 saturated heterocycles. The number of nitrogens with zero attached hydrogens (tertiary/aromatic N) is 1. The zero-order chi connectivity index (χ0) is 36.5. The van der Waals surface area contributed by atoms with Crippen LogP contribution >= 0.6 is 0 Å². The van der Waals surface area contributed by atoms with Crippen LogP contribution < -0.4 is 21.3 Å². The Morgan fingerprint density at radius 3 is 1.73 bits per heavy atom. The third-order valence-electron chi connectivity index (χ3n) is 6.70. The zero-order valence-electron chi connectivity index (χ0n) is 29.5. The maximum absolute atomic E-state index is 11.6. The molecule has 3 amide bonds. The minimum Gasteiger partial charge on any atom is -0.481 e. The SMILES string of the molecule is CCN[C@@H](CC(=O)NCC(=O)CC)C(=O)O.CCN[C@@H](CC(=O)O)C(=O)CCC(=O)CC.CCN[C@H]1CC(=O)N(CC(=O)CC)C1=O.O.[OH3+]. The van der Waals surface area contributed by atoms with Gasteiger partial charge in [-0.05, 0) is 19.6 Å². The fourth-order valence-electron chi connectivity index (χ4n) is 3.95. The molecule has 0 aromatic heterocycles. The van der Waals surface area contributed by atoms with Crippen LogP contribution in [0.4, 0.5) is 0 Å². The maximum atomic E-state index is 11.6. The lowest BCUT2D eigenvalue weighted by molar-refractivity contribution is -0.142. The number of amides is 3. The summed E-state index contributed by atoms with van der Waals surface area (Å²) in [7, 11) is 0. The summed E-state index contributed by atoms with van der Waals surface area (Å²) in [6, 6.07) is -2.01. The van der Waals surface area contributed by atoms with Crippen LogP contribution in [0.25, 0.3) is 0 Å². The zero-order valence-corrected chi connectivity index (χ0v) is 29.5. The molecule has 0 bridgehead atoms. The van der Waals surface area contributed by atoms with E-state index in [0.29, 0.717) is 38.9 Å². The second kappa shape index (κ2) is 30.1. The topological polar surface area (TPSA) is 310 Å². The van der Waals surface area contributed by atoms with E-state index in [1.807, 2.05) is 6.92 Å². The van der Waals surface area contributed by atoms with E-state index in [0.717, 1.165) is 4.90 Å². The molecule has 18 nitrogen and oxygen atoms in total. The van der Waals surface area contributed by atoms with Crippen LogP contribution in [-0.2, 0) is 48.6 Å². The molecule has 1 heterocycles. The van der Waals surface area contributed by atoms with E-state index in [1.54, 1.807) is 34.6 Å². The molecule has 18 heteroatoms. The molecule has 0 aromatic carbocycles. The van der Waals surface area contributed by atoms with Crippen molar-refractivity contribution in [2.24, 2.45) is 0 Å². The van der Waals surface area contributed by atoms with Crippen molar-refractivity contribution in [3.63, 3.8) is 0 Å². The average molecular weight is 709 g/mol. The van der Waals surface area contributed by atoms with Gasteiger partial charge in [0.2, 0.25) is 17.7 Å². The van der Waals surface area contributed by atoms with Gasteiger partial charge in [0.15, 0.2) is 17.3 Å². The summed E-state index contributed by atoms with van der Waals surface area (Å²) in [5.41, 5.74) is 0. The monoisotopic (exact) mass is 708 g/mol. The van der Waals surface area contributed by atoms with Crippen LogP contribution in [0, 0.1) is 0 Å². The van der Waals surface area contributed by atoms with E-state index in [-0.39, 0.29) is 91.1 Å². The van der Waals surface area contributed by atoms with E-state index in [4.69, 9.17) is 10.2 Å². The number of rotatable bonds is 22. The molecule has 0 saturated carbocycles. The van der Waals surface area contributed by atoms with Crippen molar-refractivity contribution >= 4 is 52.8 Å². The van der Waals surface area contributed by atoms with E-state index in [9.17, 15) is 43.2 Å². The van der Waals surface area contributed by atoms with Gasteiger partial charge in [0, 0.05) is 32.1 Å². The summed E-state index contributed by atoms with van der Waals surface area (Å²) in [5.74, 6) is -3.39. The van der Waals surface area contributed by atoms with Gasteiger partial charge in [-0.25, -0.2) is 0 Å². The molecule has 49 heavy (non-hydrogen) atoms. The first kappa shape index (κ1) is 51.9. The lowest BCUT2D eigenvalue weighted by atomic mass is 10.0. The molecule has 11 N–H and O–H groups in total. The maximum Gasteiger partial charge on any atom is 0.321 e. The Labute approximate surface area is 287 Å². The molecule has 284 valence electrons. The summed E-state index contributed by atoms with van der Waals surface area (Å²) in [6.07, 6.45) is 1.22. The Morgan fingerprint density at radius 1 is 0.755 bits per heavy atom. The summed E-state index contributed by atoms with van der Waals surface area (Å²) >= 11 is 0. The Bertz CT molecular complexity index is 1080. The number of carboxylic acids is 2. The normalized spacial score (nSPS) is 14.3. The van der Waals surface area contributed by atoms with Crippen LogP contribution in [0.15, 0.2) is 0 Å². The fraction of sp³-hybridized carbons (Fsp3) is 0.710. The number of carbonyl (C=O) groups excluding carboxylic acids is 7. The van der Waals surface area contributed by atoms with E-state index < -0.39 is 36.0 Å². The highest BCUT2D eigenvalue weighted by molar-refractivity contribution is 6.07. The van der Waals surface area contributed by atoms with Crippen molar-refractivity contribution in [3.05, 3.63) is 0 Å². The predicted octanol–water partition coefficient (Wildman–Crippen LogP) is -1.74. The smallest absolute Gasteiger partial charge is 0.321 e. The van der Waals surface area contributed by atoms with E-state index in [1.165, 1.54) is 0 Å². The Balaban J connectivity index is -0.000000304. The van der Waals surface area contributed by atoms with Crippen LogP contribution in [0.2, 0.25) is 0 Å². The van der Waals surface area contributed by atoms with Crippen molar-refractivity contribution in [2.75, 3.05) is 32.7 Å². The van der Waals surface area contributed by atoms with Crippen molar-refractivity contribution in [3.8, 4) is 0 Å². The predicted molar refractivity (Wildman–Crippen MR) is 180 cm³/mol. The second-order valence-electron chi connectivity index (χ2n) is 10.4. The summed E-state index contributed by atoms with van der Waals surface area (Å²) in [5, 5.41) is 28.2. The van der Waals surface area contributed by atoms with Gasteiger partial charge in [0.1, 0.15) is 11.8 Å². The molecule has 0 spiro atoms. The minimum atomic E-state index is -1.07. The average Bonchev–Trinajstić information content (AvgIpc) is 3.29. The van der Waals surface area contributed by atoms with Crippen molar-refractivity contribution in [1.29, 1.82) is 0 Å². The number of Topliss-reactive ketones (excluding diaryl/α,β-unsaturated/α-hetero) is 4. The quantitative estimate of drug-likeness (QED) is 0.0537. The lowest BCUT2D eigenvalue weighted by Gasteiger charge is -2.13. The summed E-state index contributed by atoms with van der Waals surface area (Å²) in [6.45, 7) is 12.1. The number of imide groups is 1. The highest BCUT2D eigenvalue weighted by atomic mass is 16.4. The van der Waals surface area contributed by atoms with Crippen LogP contribution in [0.5, 0.6) is 0 Å². The Hall–Kier alpha value is -3.97. The summed E-state index contributed by atoms with van der Waals surface area (Å²) in [4.78, 5) is 101. The molecular weight excluding hydrogens is 650 g/mol. The molecule has 1 fully saturated rings. The van der Waals surface area contributed by atoms with Gasteiger partial charge in [-0.3, -0.25) is 48.1 Å². The number of carbonyl (C=O) groups is 9. The number of nitrogens with one attached hydrogen (secondary N) is 4. The molecule has 0 aliphatic carbocycles. The molecule has 0 aromatic rings. The Morgan fingerprint density at radius 2 is 1.29 bits per heavy atom. The van der Waals surface area contributed by atoms with E-state index in [2.05, 4.69) is 21.3 Å². The molecule has 1 aliphatic heterocycles. The highest BCUT2D eigenvalue weighted by Crippen LogP contribution is 2.13. The molecular formula is C31H58N5O13+. The molecule has 3 atom stereocenters. The van der Waals surface area contributed by atoms with Gasteiger partial charge in [-0.1, -0.05) is 41.5 Å². The van der Waals surface area contributed by atoms with Crippen LogP contribution in [0.1, 0.15) is 92.9 Å². The van der Waals surface area contributed by atoms with Crippen LogP contribution in [0.3, 0.4) is 0 Å². The van der Waals surface area contributed by atoms with Crippen molar-refractivity contribution in [1.82, 2.24) is 26.2 Å². The van der Waals surface area contributed by atoms with Gasteiger partial charge >= 0.3 is 11.9 Å². The van der Waals surface area contributed by atoms with Crippen molar-refractivity contribution < 1.29 is 64.3 Å². The first-order chi connectivity index (χ1) is 22.1. The number of hydrogen-bond donors (Lipinski definition) is 6. The van der Waals surface area contributed by atoms with Crippen molar-refractivity contribution in [2.45, 2.75) is 111 Å². The first-order valence-corrected chi connectivity index (χ1v) is 15.9. The standard InChI is InChI=1S/C11H19NO4.C10H18N2O4.C10H16N2O3.2H2O/c1-3-8(13)5-6-10(14)9(12-4-2)7-11(15)16;1-3-7(13)6-12-9(14)5-8(10(15)16)11-4-2;1-3-7(13)6-12-9(14)5-8(10(12)15)11-4-2;;/h9,12H,3-7H2,1-2H3,(H,15,16);8,11H,3-6H2,1-2H3,(H,12,14)(H,15,16);8,11H,3-6H2,1-2H3;2*1H2/p+1/t9-;2*8-;;/m000../s1. The number of ketones is 4. The lowest BCUT2D eigenvalue weighted by Crippen LogP contribution is -2.41. The number of hydrogen-bond acceptors (Lipinski definition) is 12. The van der Waals surface area contributed by atoms with E-state index >= 15 is 0 Å². The second-order valence-corrected chi connectivity index (χ2v) is 10.4. The molecule has 1 rings (SSSR count). The highest BCUT2D eigenvalue weighted by Gasteiger charge is 2.38. The third kappa shape index (κ3) is 23.9. The van der Waals surface area contributed by atoms with Gasteiger partial charge in [0.25, 0.3) is 0 Å². The summed E-state index contributed by atoms with van der Waals surface area (Å²) < 4.78 is 0. The van der Waals surface area contributed by atoms with Gasteiger partial charge < -0.3 is 42.4 Å². The van der Waals surface area contributed by atoms with Gasteiger partial charge in [-0.2, -0.15) is 0 Å². The van der Waals surface area contributed by atoms with Gasteiger partial charge in [-0.15, -0.1) is 0 Å². The van der Waals surface area contributed by atoms with Gasteiger partial charge in [0.05, 0.1) is 44.4 Å². The molecule has 0 radical (unpaired) electrons. The first-order valence-electron chi connectivity index (χ1n) is 15.9. The number of carboxylic acid groups (broad SMARTS) is 2. The molecule has 1 aliphatic rings. The number of likely N-dealkylation sites (N-methyl/N-ethyl adjacent to an activating group) is 3. The molecule has 0 unspecified atom stereocenters. The number of likely N-dealkylation sites (tertiary alicyclic amines) is 1.